The number of aryl methyl sites for hydroxylation is 3. The van der Waals surface area contributed by atoms with Gasteiger partial charge in [-0.25, -0.2) is 9.97 Å². The van der Waals surface area contributed by atoms with E-state index in [9.17, 15) is 14.4 Å². The molecule has 5 heterocycles. The van der Waals surface area contributed by atoms with E-state index in [1.165, 1.54) is 11.6 Å². The monoisotopic (exact) mass is 905 g/mol. The lowest BCUT2D eigenvalue weighted by Crippen LogP contribution is -2.22. The molecule has 9 aromatic rings. The molecule has 8 nitrogen and oxygen atoms in total. The fourth-order valence-corrected chi connectivity index (χ4v) is 9.75. The van der Waals surface area contributed by atoms with Crippen molar-refractivity contribution < 1.29 is 14.4 Å². The van der Waals surface area contributed by atoms with Gasteiger partial charge in [0.2, 0.25) is 0 Å². The number of aromatic nitrogens is 4. The molecule has 0 saturated carbocycles. The Morgan fingerprint density at radius 2 is 0.743 bits per heavy atom. The quantitative estimate of drug-likeness (QED) is 0.153. The molecule has 0 atom stereocenters. The number of benzene rings is 6. The van der Waals surface area contributed by atoms with Crippen LogP contribution in [0.4, 0.5) is 5.69 Å². The van der Waals surface area contributed by atoms with Crippen molar-refractivity contribution in [2.75, 3.05) is 5.32 Å². The normalized spacial score (nSPS) is 12.5. The fraction of sp³-hybridized carbons (Fsp3) is 0.0484. The maximum absolute atomic E-state index is 13.8. The number of nitrogens with one attached hydrogen (secondary N) is 3. The van der Waals surface area contributed by atoms with E-state index < -0.39 is 5.91 Å². The van der Waals surface area contributed by atoms with E-state index in [4.69, 9.17) is 9.97 Å². The Hall–Kier alpha value is -9.27. The Kier molecular flexibility index (Phi) is 10.1. The lowest BCUT2D eigenvalue weighted by Gasteiger charge is -2.18. The minimum Gasteiger partial charge on any atom is -0.354 e. The van der Waals surface area contributed by atoms with Gasteiger partial charge in [-0.05, 0) is 122 Å². The van der Waals surface area contributed by atoms with Crippen LogP contribution in [0.1, 0.15) is 81.7 Å². The van der Waals surface area contributed by atoms with Crippen molar-refractivity contribution in [3.63, 3.8) is 0 Å². The van der Waals surface area contributed by atoms with Crippen LogP contribution in [-0.2, 0) is 0 Å². The Morgan fingerprint density at radius 3 is 1.13 bits per heavy atom. The van der Waals surface area contributed by atoms with E-state index in [1.54, 1.807) is 36.4 Å². The highest BCUT2D eigenvalue weighted by atomic mass is 16.2. The van der Waals surface area contributed by atoms with Gasteiger partial charge in [0, 0.05) is 77.8 Å². The number of H-pyrrole nitrogens is 2. The SMILES string of the molecule is Cc1ccc(-c2c3nc(c(-c4ccc(C)cc4)c4ccc([nH]4)c(-c4ccc(NC(=O)c5ccc6c(c5)C(=O)c5ccccc5C6=O)cc4)c4nc(c(-c5ccc(C)cc5)c5ccc2[nH]5)C=C4)C=C3)cc1. The summed E-state index contributed by atoms with van der Waals surface area (Å²) in [6.07, 6.45) is 8.36. The van der Waals surface area contributed by atoms with Gasteiger partial charge in [-0.15, -0.1) is 0 Å². The second-order valence-corrected chi connectivity index (χ2v) is 18.1. The Labute approximate surface area is 403 Å². The molecule has 0 saturated heterocycles. The first-order valence-corrected chi connectivity index (χ1v) is 23.3. The fourth-order valence-electron chi connectivity index (χ4n) is 9.75. The summed E-state index contributed by atoms with van der Waals surface area (Å²) in [5.41, 5.74) is 20.1. The number of carbonyl (C=O) groups is 3. The molecule has 6 aromatic carbocycles. The number of carbonyl (C=O) groups excluding carboxylic acids is 3. The van der Waals surface area contributed by atoms with Gasteiger partial charge in [0.1, 0.15) is 0 Å². The lowest BCUT2D eigenvalue weighted by molar-refractivity contribution is 0.0978. The summed E-state index contributed by atoms with van der Waals surface area (Å²) >= 11 is 0. The minimum absolute atomic E-state index is 0.220. The predicted molar refractivity (Wildman–Crippen MR) is 283 cm³/mol. The number of hydrogen-bond donors (Lipinski definition) is 3. The molecular weight excluding hydrogens is 863 g/mol. The first-order chi connectivity index (χ1) is 34.1. The van der Waals surface area contributed by atoms with Crippen LogP contribution in [0.5, 0.6) is 0 Å². The molecule has 8 heteroatoms. The number of amides is 1. The van der Waals surface area contributed by atoms with Crippen LogP contribution < -0.4 is 5.32 Å². The van der Waals surface area contributed by atoms with Crippen LogP contribution in [0.3, 0.4) is 0 Å². The van der Waals surface area contributed by atoms with Crippen molar-refractivity contribution >= 4 is 69.5 Å². The third-order valence-corrected chi connectivity index (χ3v) is 13.4. The highest BCUT2D eigenvalue weighted by molar-refractivity contribution is 6.29. The first kappa shape index (κ1) is 42.1. The third-order valence-electron chi connectivity index (χ3n) is 13.4. The highest BCUT2D eigenvalue weighted by Crippen LogP contribution is 2.39. The van der Waals surface area contributed by atoms with Gasteiger partial charge in [0.25, 0.3) is 5.91 Å². The smallest absolute Gasteiger partial charge is 0.255 e. The summed E-state index contributed by atoms with van der Waals surface area (Å²) in [6.45, 7) is 6.28. The molecule has 8 bridgehead atoms. The van der Waals surface area contributed by atoms with E-state index in [0.29, 0.717) is 22.4 Å². The first-order valence-electron chi connectivity index (χ1n) is 23.3. The third kappa shape index (κ3) is 7.39. The van der Waals surface area contributed by atoms with Crippen molar-refractivity contribution in [3.05, 3.63) is 231 Å². The van der Waals surface area contributed by atoms with Crippen LogP contribution in [0.2, 0.25) is 0 Å². The molecule has 3 aromatic heterocycles. The average molecular weight is 906 g/mol. The van der Waals surface area contributed by atoms with Gasteiger partial charge in [-0.3, -0.25) is 14.4 Å². The second kappa shape index (κ2) is 16.8. The van der Waals surface area contributed by atoms with Crippen LogP contribution in [-0.4, -0.2) is 37.4 Å². The van der Waals surface area contributed by atoms with E-state index in [-0.39, 0.29) is 22.7 Å². The van der Waals surface area contributed by atoms with Crippen molar-refractivity contribution in [2.24, 2.45) is 0 Å². The molecule has 3 aliphatic rings. The number of aromatic amines is 2. The van der Waals surface area contributed by atoms with E-state index in [1.807, 2.05) is 24.3 Å². The molecule has 334 valence electrons. The van der Waals surface area contributed by atoms with Crippen LogP contribution >= 0.6 is 0 Å². The van der Waals surface area contributed by atoms with E-state index in [2.05, 4.69) is 157 Å². The van der Waals surface area contributed by atoms with Gasteiger partial charge in [0.15, 0.2) is 11.6 Å². The standard InChI is InChI=1S/C62H43N5O3/c1-35-8-14-38(15-9-35)56-48-26-28-50(64-48)57(39-16-10-36(2)11-17-39)52-30-32-54(66-52)59(55-33-31-53(67-55)58(51-29-27-49(56)65-51)40-18-12-37(3)13-19-40)41-20-23-43(24-21-41)63-62(70)42-22-25-46-47(34-42)61(69)45-7-5-4-6-44(45)60(46)68/h4-34,64,67H,1-3H3,(H,63,70). The summed E-state index contributed by atoms with van der Waals surface area (Å²) < 4.78 is 0. The van der Waals surface area contributed by atoms with E-state index >= 15 is 0 Å². The van der Waals surface area contributed by atoms with Gasteiger partial charge in [-0.2, -0.15) is 0 Å². The zero-order valence-electron chi connectivity index (χ0n) is 38.5. The number of ketones is 2. The molecule has 70 heavy (non-hydrogen) atoms. The van der Waals surface area contributed by atoms with Crippen LogP contribution in [0.25, 0.3) is 90.9 Å². The largest absolute Gasteiger partial charge is 0.354 e. The number of anilines is 1. The average Bonchev–Trinajstić information content (AvgIpc) is 4.24. The maximum Gasteiger partial charge on any atom is 0.255 e. The minimum atomic E-state index is -0.401. The molecule has 0 unspecified atom stereocenters. The summed E-state index contributed by atoms with van der Waals surface area (Å²) in [7, 11) is 0. The number of hydrogen-bond acceptors (Lipinski definition) is 5. The molecule has 0 radical (unpaired) electrons. The van der Waals surface area contributed by atoms with Gasteiger partial charge in [-0.1, -0.05) is 126 Å². The summed E-state index contributed by atoms with van der Waals surface area (Å²) in [5.74, 6) is -0.912. The molecule has 3 N–H and O–H groups in total. The molecule has 0 spiro atoms. The summed E-state index contributed by atoms with van der Waals surface area (Å²) in [6, 6.07) is 53.3. The number of nitrogens with zero attached hydrogens (tertiary/aromatic N) is 2. The van der Waals surface area contributed by atoms with Gasteiger partial charge in [0.05, 0.1) is 22.8 Å². The molecular formula is C62H43N5O3. The maximum atomic E-state index is 13.8. The predicted octanol–water partition coefficient (Wildman–Crippen LogP) is 14.3. The number of fused-ring (bicyclic) bond motifs is 10. The lowest BCUT2D eigenvalue weighted by atomic mass is 9.83. The van der Waals surface area contributed by atoms with Crippen LogP contribution in [0.15, 0.2) is 164 Å². The zero-order valence-corrected chi connectivity index (χ0v) is 38.5. The van der Waals surface area contributed by atoms with Crippen molar-refractivity contribution in [3.8, 4) is 44.5 Å². The zero-order chi connectivity index (χ0) is 47.6. The topological polar surface area (TPSA) is 121 Å². The van der Waals surface area contributed by atoms with Gasteiger partial charge >= 0.3 is 0 Å². The van der Waals surface area contributed by atoms with Crippen LogP contribution in [0, 0.1) is 20.8 Å². The Balaban J connectivity index is 1.04. The Bertz CT molecular complexity index is 3870. The summed E-state index contributed by atoms with van der Waals surface area (Å²) in [4.78, 5) is 59.0. The number of rotatable bonds is 6. The van der Waals surface area contributed by atoms with Crippen molar-refractivity contribution in [1.82, 2.24) is 19.9 Å². The second-order valence-electron chi connectivity index (χ2n) is 18.1. The van der Waals surface area contributed by atoms with Crippen molar-refractivity contribution in [2.45, 2.75) is 20.8 Å². The molecule has 12 rings (SSSR count). The Morgan fingerprint density at radius 1 is 0.400 bits per heavy atom. The van der Waals surface area contributed by atoms with E-state index in [0.717, 1.165) is 100 Å². The highest BCUT2D eigenvalue weighted by Gasteiger charge is 2.30. The molecule has 2 aliphatic heterocycles. The summed E-state index contributed by atoms with van der Waals surface area (Å²) in [5, 5.41) is 3.01. The molecule has 1 amide bonds. The molecule has 1 aliphatic carbocycles. The molecule has 0 fully saturated rings. The van der Waals surface area contributed by atoms with Gasteiger partial charge < -0.3 is 15.3 Å². The van der Waals surface area contributed by atoms with Crippen molar-refractivity contribution in [1.29, 1.82) is 0 Å².